The van der Waals surface area contributed by atoms with E-state index in [9.17, 15) is 4.79 Å². The summed E-state index contributed by atoms with van der Waals surface area (Å²) in [6.07, 6.45) is 7.46. The van der Waals surface area contributed by atoms with E-state index in [1.165, 1.54) is 10.9 Å². The Morgan fingerprint density at radius 2 is 2.19 bits per heavy atom. The molecule has 0 amide bonds. The van der Waals surface area contributed by atoms with E-state index >= 15 is 0 Å². The van der Waals surface area contributed by atoms with Gasteiger partial charge in [0.05, 0.1) is 5.92 Å². The summed E-state index contributed by atoms with van der Waals surface area (Å²) in [6.45, 7) is 1.78. The van der Waals surface area contributed by atoms with Gasteiger partial charge in [0, 0.05) is 24.3 Å². The normalized spacial score (nSPS) is 22.5. The lowest BCUT2D eigenvalue weighted by molar-refractivity contribution is -0.143. The number of carbonyl (C=O) groups is 1. The Kier molecular flexibility index (Phi) is 4.20. The molecule has 0 aromatic carbocycles. The van der Waals surface area contributed by atoms with Crippen LogP contribution in [0.15, 0.2) is 24.5 Å². The number of carboxylic acid groups (broad SMARTS) is 1. The van der Waals surface area contributed by atoms with Gasteiger partial charge in [0.25, 0.3) is 0 Å². The van der Waals surface area contributed by atoms with Gasteiger partial charge >= 0.3 is 5.97 Å². The van der Waals surface area contributed by atoms with Crippen molar-refractivity contribution in [3.63, 3.8) is 0 Å². The van der Waals surface area contributed by atoms with Crippen molar-refractivity contribution < 1.29 is 9.90 Å². The van der Waals surface area contributed by atoms with E-state index in [-0.39, 0.29) is 5.92 Å². The minimum Gasteiger partial charge on any atom is -0.481 e. The summed E-state index contributed by atoms with van der Waals surface area (Å²) in [5, 5.41) is 13.7. The number of aliphatic carboxylic acids is 1. The molecule has 1 saturated carbocycles. The summed E-state index contributed by atoms with van der Waals surface area (Å²) in [4.78, 5) is 18.4. The summed E-state index contributed by atoms with van der Waals surface area (Å²) in [7, 11) is 0. The Hall–Kier alpha value is -1.88. The summed E-state index contributed by atoms with van der Waals surface area (Å²) in [5.41, 5.74) is 2.16. The second kappa shape index (κ2) is 6.26. The number of pyridine rings is 1. The average molecular weight is 287 g/mol. The molecule has 0 saturated heterocycles. The first-order valence-corrected chi connectivity index (χ1v) is 7.58. The van der Waals surface area contributed by atoms with Crippen molar-refractivity contribution in [1.29, 1.82) is 0 Å². The van der Waals surface area contributed by atoms with Crippen LogP contribution in [0.5, 0.6) is 0 Å². The van der Waals surface area contributed by atoms with Gasteiger partial charge < -0.3 is 15.4 Å². The number of carboxylic acids is 1. The van der Waals surface area contributed by atoms with E-state index in [4.69, 9.17) is 5.11 Å². The highest BCUT2D eigenvalue weighted by atomic mass is 16.4. The van der Waals surface area contributed by atoms with Crippen LogP contribution in [0.3, 0.4) is 0 Å². The molecule has 2 aromatic heterocycles. The highest BCUT2D eigenvalue weighted by molar-refractivity contribution is 5.79. The molecule has 5 nitrogen and oxygen atoms in total. The third kappa shape index (κ3) is 3.24. The smallest absolute Gasteiger partial charge is 0.306 e. The van der Waals surface area contributed by atoms with E-state index < -0.39 is 5.97 Å². The zero-order valence-corrected chi connectivity index (χ0v) is 12.0. The SMILES string of the molecule is O=C(O)C1CCC(CNCc2c[nH]c3ncccc23)CC1. The van der Waals surface area contributed by atoms with Crippen molar-refractivity contribution >= 4 is 17.0 Å². The lowest BCUT2D eigenvalue weighted by atomic mass is 9.82. The zero-order valence-electron chi connectivity index (χ0n) is 12.0. The highest BCUT2D eigenvalue weighted by Crippen LogP contribution is 2.28. The van der Waals surface area contributed by atoms with Gasteiger partial charge in [0.15, 0.2) is 0 Å². The van der Waals surface area contributed by atoms with E-state index in [1.807, 2.05) is 12.3 Å². The number of H-pyrrole nitrogens is 1. The molecule has 0 unspecified atom stereocenters. The van der Waals surface area contributed by atoms with Crippen LogP contribution in [0.1, 0.15) is 31.2 Å². The molecule has 1 aliphatic carbocycles. The van der Waals surface area contributed by atoms with E-state index in [0.29, 0.717) is 5.92 Å². The minimum absolute atomic E-state index is 0.124. The standard InChI is InChI=1S/C16H21N3O2/c20-16(21)12-5-3-11(4-6-12)8-17-9-13-10-19-15-14(13)2-1-7-18-15/h1-2,7,10-12,17H,3-6,8-9H2,(H,18,19)(H,20,21). The molecular formula is C16H21N3O2. The second-order valence-electron chi connectivity index (χ2n) is 5.90. The van der Waals surface area contributed by atoms with E-state index in [1.54, 1.807) is 6.20 Å². The second-order valence-corrected chi connectivity index (χ2v) is 5.90. The molecule has 1 aliphatic rings. The number of rotatable bonds is 5. The van der Waals surface area contributed by atoms with Crippen molar-refractivity contribution in [3.05, 3.63) is 30.1 Å². The number of nitrogens with one attached hydrogen (secondary N) is 2. The fraction of sp³-hybridized carbons (Fsp3) is 0.500. The number of hydrogen-bond donors (Lipinski definition) is 3. The number of hydrogen-bond acceptors (Lipinski definition) is 3. The summed E-state index contributed by atoms with van der Waals surface area (Å²) in [6, 6.07) is 4.03. The first-order valence-electron chi connectivity index (χ1n) is 7.58. The largest absolute Gasteiger partial charge is 0.481 e. The van der Waals surface area contributed by atoms with Crippen LogP contribution in [0.25, 0.3) is 11.0 Å². The molecule has 5 heteroatoms. The zero-order chi connectivity index (χ0) is 14.7. The Balaban J connectivity index is 1.48. The van der Waals surface area contributed by atoms with E-state index in [2.05, 4.69) is 21.4 Å². The van der Waals surface area contributed by atoms with Gasteiger partial charge in [-0.2, -0.15) is 0 Å². The molecule has 0 bridgehead atoms. The van der Waals surface area contributed by atoms with Crippen LogP contribution in [-0.2, 0) is 11.3 Å². The molecule has 0 radical (unpaired) electrons. The fourth-order valence-corrected chi connectivity index (χ4v) is 3.18. The van der Waals surface area contributed by atoms with Gasteiger partial charge in [-0.25, -0.2) is 4.98 Å². The lowest BCUT2D eigenvalue weighted by Crippen LogP contribution is -2.28. The summed E-state index contributed by atoms with van der Waals surface area (Å²) >= 11 is 0. The van der Waals surface area contributed by atoms with Crippen LogP contribution in [0.4, 0.5) is 0 Å². The van der Waals surface area contributed by atoms with Crippen molar-refractivity contribution in [2.75, 3.05) is 6.54 Å². The fourth-order valence-electron chi connectivity index (χ4n) is 3.18. The van der Waals surface area contributed by atoms with Crippen LogP contribution in [0.2, 0.25) is 0 Å². The molecule has 1 fully saturated rings. The molecular weight excluding hydrogens is 266 g/mol. The molecule has 3 rings (SSSR count). The van der Waals surface area contributed by atoms with Gasteiger partial charge in [0.1, 0.15) is 5.65 Å². The number of aromatic amines is 1. The van der Waals surface area contributed by atoms with Gasteiger partial charge in [-0.05, 0) is 55.8 Å². The number of fused-ring (bicyclic) bond motifs is 1. The average Bonchev–Trinajstić information content (AvgIpc) is 2.91. The molecule has 2 heterocycles. The van der Waals surface area contributed by atoms with Crippen LogP contribution in [0, 0.1) is 11.8 Å². The van der Waals surface area contributed by atoms with Crippen molar-refractivity contribution in [3.8, 4) is 0 Å². The highest BCUT2D eigenvalue weighted by Gasteiger charge is 2.25. The van der Waals surface area contributed by atoms with Gasteiger partial charge in [-0.1, -0.05) is 0 Å². The van der Waals surface area contributed by atoms with Gasteiger partial charge in [-0.3, -0.25) is 4.79 Å². The van der Waals surface area contributed by atoms with E-state index in [0.717, 1.165) is 44.4 Å². The first kappa shape index (κ1) is 14.1. The molecule has 0 spiro atoms. The van der Waals surface area contributed by atoms with Crippen molar-refractivity contribution in [2.24, 2.45) is 11.8 Å². The Labute approximate surface area is 123 Å². The Morgan fingerprint density at radius 3 is 2.95 bits per heavy atom. The van der Waals surface area contributed by atoms with Crippen molar-refractivity contribution in [1.82, 2.24) is 15.3 Å². The molecule has 0 aliphatic heterocycles. The third-order valence-corrected chi connectivity index (χ3v) is 4.48. The Morgan fingerprint density at radius 1 is 1.38 bits per heavy atom. The van der Waals surface area contributed by atoms with Crippen LogP contribution >= 0.6 is 0 Å². The molecule has 21 heavy (non-hydrogen) atoms. The Bertz CT molecular complexity index is 615. The topological polar surface area (TPSA) is 78.0 Å². The minimum atomic E-state index is -0.632. The maximum Gasteiger partial charge on any atom is 0.306 e. The summed E-state index contributed by atoms with van der Waals surface area (Å²) < 4.78 is 0. The maximum absolute atomic E-state index is 10.9. The lowest BCUT2D eigenvalue weighted by Gasteiger charge is -2.26. The van der Waals surface area contributed by atoms with Crippen molar-refractivity contribution in [2.45, 2.75) is 32.2 Å². The predicted octanol–water partition coefficient (Wildman–Crippen LogP) is 2.54. The monoisotopic (exact) mass is 287 g/mol. The molecule has 0 atom stereocenters. The predicted molar refractivity (Wildman–Crippen MR) is 80.9 cm³/mol. The maximum atomic E-state index is 10.9. The van der Waals surface area contributed by atoms with Crippen LogP contribution < -0.4 is 5.32 Å². The van der Waals surface area contributed by atoms with Gasteiger partial charge in [-0.15, -0.1) is 0 Å². The third-order valence-electron chi connectivity index (χ3n) is 4.48. The van der Waals surface area contributed by atoms with Crippen LogP contribution in [-0.4, -0.2) is 27.6 Å². The number of aromatic nitrogens is 2. The molecule has 112 valence electrons. The number of nitrogens with zero attached hydrogens (tertiary/aromatic N) is 1. The first-order chi connectivity index (χ1) is 10.2. The summed E-state index contributed by atoms with van der Waals surface area (Å²) in [5.74, 6) is -0.155. The molecule has 2 aromatic rings. The quantitative estimate of drug-likeness (QED) is 0.789. The van der Waals surface area contributed by atoms with Gasteiger partial charge in [0.2, 0.25) is 0 Å². The molecule has 3 N–H and O–H groups in total.